The molecule has 0 aliphatic heterocycles. The summed E-state index contributed by atoms with van der Waals surface area (Å²) in [6.07, 6.45) is 1.53. The topological polar surface area (TPSA) is 129 Å². The van der Waals surface area contributed by atoms with Crippen LogP contribution in [-0.4, -0.2) is 45.7 Å². The number of benzene rings is 2. The Labute approximate surface area is 251 Å². The Morgan fingerprint density at radius 1 is 0.674 bits per heavy atom. The predicted octanol–water partition coefficient (Wildman–Crippen LogP) is 7.60. The van der Waals surface area contributed by atoms with E-state index < -0.39 is 11.4 Å². The number of aromatic nitrogens is 2. The molecule has 0 unspecified atom stereocenters. The maximum atomic E-state index is 12.7. The highest BCUT2D eigenvalue weighted by atomic mass is 16.5. The molecule has 2 heterocycles. The van der Waals surface area contributed by atoms with Crippen LogP contribution < -0.4 is 0 Å². The van der Waals surface area contributed by atoms with Crippen molar-refractivity contribution in [3.63, 3.8) is 0 Å². The van der Waals surface area contributed by atoms with Crippen molar-refractivity contribution in [1.82, 2.24) is 9.97 Å². The lowest BCUT2D eigenvalue weighted by Gasteiger charge is -2.39. The van der Waals surface area contributed by atoms with Crippen molar-refractivity contribution in [2.45, 2.75) is 79.1 Å². The minimum atomic E-state index is -0.952. The number of ether oxygens (including phenoxy) is 1. The monoisotopic (exact) mass is 584 g/mol. The lowest BCUT2D eigenvalue weighted by Crippen LogP contribution is -2.39. The van der Waals surface area contributed by atoms with E-state index in [0.717, 1.165) is 45.8 Å². The first-order valence-corrected chi connectivity index (χ1v) is 14.5. The number of H-pyrrole nitrogens is 2. The molecule has 0 bridgehead atoms. The standard InChI is InChI=1S/C18H21NO3.C17H19NO3/c1-17(2)9-18(3,4)15(20)14-13(17)11-8-10(16(21)22-5)6-7-12(11)19-14;1-16(2)8-17(3,4)14(19)13-12(16)10-7-9(15(20)21)5-6-11(10)18-13/h6-8,19H,9H2,1-5H3;5-7,18H,8H2,1-4H3,(H,20,21). The number of methoxy groups -OCH3 is 1. The molecule has 3 N–H and O–H groups in total. The van der Waals surface area contributed by atoms with Gasteiger partial charge in [0.15, 0.2) is 11.6 Å². The van der Waals surface area contributed by atoms with Gasteiger partial charge < -0.3 is 19.8 Å². The summed E-state index contributed by atoms with van der Waals surface area (Å²) in [7, 11) is 1.37. The highest BCUT2D eigenvalue weighted by Gasteiger charge is 2.46. The molecule has 0 radical (unpaired) electrons. The van der Waals surface area contributed by atoms with Crippen LogP contribution in [0.4, 0.5) is 0 Å². The average Bonchev–Trinajstić information content (AvgIpc) is 3.49. The third-order valence-electron chi connectivity index (χ3n) is 9.07. The van der Waals surface area contributed by atoms with Gasteiger partial charge in [-0.2, -0.15) is 0 Å². The molecule has 0 fully saturated rings. The van der Waals surface area contributed by atoms with Gasteiger partial charge in [-0.1, -0.05) is 55.4 Å². The second kappa shape index (κ2) is 9.66. The molecule has 43 heavy (non-hydrogen) atoms. The fourth-order valence-corrected chi connectivity index (χ4v) is 7.73. The van der Waals surface area contributed by atoms with Crippen LogP contribution in [0.15, 0.2) is 36.4 Å². The van der Waals surface area contributed by atoms with Crippen molar-refractivity contribution in [3.05, 3.63) is 70.0 Å². The molecule has 8 nitrogen and oxygen atoms in total. The summed E-state index contributed by atoms with van der Waals surface area (Å²) in [6.45, 7) is 16.4. The molecular weight excluding hydrogens is 544 g/mol. The van der Waals surface area contributed by atoms with E-state index in [2.05, 4.69) is 37.7 Å². The van der Waals surface area contributed by atoms with E-state index in [1.54, 1.807) is 24.3 Å². The normalized spacial score (nSPS) is 19.3. The lowest BCUT2D eigenvalue weighted by atomic mass is 9.63. The van der Waals surface area contributed by atoms with E-state index >= 15 is 0 Å². The third-order valence-corrected chi connectivity index (χ3v) is 9.07. The number of aromatic amines is 2. The molecule has 0 spiro atoms. The first kappa shape index (κ1) is 30.3. The summed E-state index contributed by atoms with van der Waals surface area (Å²) in [5, 5.41) is 11.0. The summed E-state index contributed by atoms with van der Waals surface area (Å²) in [5.74, 6) is -1.08. The molecule has 6 rings (SSSR count). The van der Waals surface area contributed by atoms with Crippen LogP contribution in [0.25, 0.3) is 21.8 Å². The molecule has 2 aromatic carbocycles. The van der Waals surface area contributed by atoms with Gasteiger partial charge >= 0.3 is 11.9 Å². The number of carboxylic acids is 1. The zero-order chi connectivity index (χ0) is 31.9. The van der Waals surface area contributed by atoms with Crippen LogP contribution in [0.1, 0.15) is 121 Å². The predicted molar refractivity (Wildman–Crippen MR) is 166 cm³/mol. The Morgan fingerprint density at radius 3 is 1.47 bits per heavy atom. The van der Waals surface area contributed by atoms with Crippen LogP contribution in [0.5, 0.6) is 0 Å². The number of ketones is 2. The number of nitrogens with one attached hydrogen (secondary N) is 2. The van der Waals surface area contributed by atoms with Crippen molar-refractivity contribution >= 4 is 45.3 Å². The van der Waals surface area contributed by atoms with E-state index in [9.17, 15) is 24.3 Å². The highest BCUT2D eigenvalue weighted by molar-refractivity contribution is 6.09. The van der Waals surface area contributed by atoms with Crippen molar-refractivity contribution < 1.29 is 29.0 Å². The van der Waals surface area contributed by atoms with Gasteiger partial charge in [0.05, 0.1) is 29.6 Å². The molecular formula is C35H40N2O6. The summed E-state index contributed by atoms with van der Waals surface area (Å²) in [6, 6.07) is 10.4. The summed E-state index contributed by atoms with van der Waals surface area (Å²) >= 11 is 0. The smallest absolute Gasteiger partial charge is 0.337 e. The summed E-state index contributed by atoms with van der Waals surface area (Å²) in [5.41, 5.74) is 4.62. The molecule has 2 aliphatic rings. The zero-order valence-electron chi connectivity index (χ0n) is 26.4. The fourth-order valence-electron chi connectivity index (χ4n) is 7.73. The van der Waals surface area contributed by atoms with Crippen molar-refractivity contribution in [3.8, 4) is 0 Å². The van der Waals surface area contributed by atoms with Crippen LogP contribution in [0, 0.1) is 10.8 Å². The molecule has 0 saturated heterocycles. The number of carboxylic acid groups (broad SMARTS) is 1. The molecule has 4 aromatic rings. The Morgan fingerprint density at radius 2 is 1.07 bits per heavy atom. The quantitative estimate of drug-likeness (QED) is 0.208. The molecule has 0 amide bonds. The largest absolute Gasteiger partial charge is 0.478 e. The number of carbonyl (C=O) groups excluding carboxylic acids is 3. The number of Topliss-reactive ketones (excluding diaryl/α,β-unsaturated/α-hetero) is 2. The minimum Gasteiger partial charge on any atom is -0.478 e. The molecule has 0 atom stereocenters. The molecule has 2 aliphatic carbocycles. The molecule has 0 saturated carbocycles. The first-order chi connectivity index (χ1) is 19.8. The van der Waals surface area contributed by atoms with Crippen LogP contribution in [0.2, 0.25) is 0 Å². The second-order valence-corrected chi connectivity index (χ2v) is 14.6. The number of carbonyl (C=O) groups is 4. The average molecular weight is 585 g/mol. The van der Waals surface area contributed by atoms with E-state index in [1.807, 2.05) is 39.8 Å². The molecule has 226 valence electrons. The second-order valence-electron chi connectivity index (χ2n) is 14.6. The molecule has 8 heteroatoms. The van der Waals surface area contributed by atoms with E-state index in [-0.39, 0.29) is 39.3 Å². The Balaban J connectivity index is 0.000000171. The number of rotatable bonds is 2. The van der Waals surface area contributed by atoms with Crippen LogP contribution in [-0.2, 0) is 15.6 Å². The number of hydrogen-bond donors (Lipinski definition) is 3. The van der Waals surface area contributed by atoms with E-state index in [4.69, 9.17) is 4.74 Å². The number of aromatic carboxylic acids is 1. The Bertz CT molecular complexity index is 1850. The maximum Gasteiger partial charge on any atom is 0.337 e. The van der Waals surface area contributed by atoms with Gasteiger partial charge in [-0.05, 0) is 71.2 Å². The highest BCUT2D eigenvalue weighted by Crippen LogP contribution is 2.49. The van der Waals surface area contributed by atoms with Gasteiger partial charge in [-0.3, -0.25) is 9.59 Å². The number of fused-ring (bicyclic) bond motifs is 6. The van der Waals surface area contributed by atoms with Crippen molar-refractivity contribution in [1.29, 1.82) is 0 Å². The maximum absolute atomic E-state index is 12.7. The van der Waals surface area contributed by atoms with Gasteiger partial charge in [-0.25, -0.2) is 9.59 Å². The summed E-state index contributed by atoms with van der Waals surface area (Å²) in [4.78, 5) is 54.8. The van der Waals surface area contributed by atoms with Gasteiger partial charge in [0, 0.05) is 32.6 Å². The summed E-state index contributed by atoms with van der Waals surface area (Å²) < 4.78 is 4.80. The van der Waals surface area contributed by atoms with Crippen molar-refractivity contribution in [2.24, 2.45) is 10.8 Å². The van der Waals surface area contributed by atoms with Gasteiger partial charge in [-0.15, -0.1) is 0 Å². The van der Waals surface area contributed by atoms with E-state index in [1.165, 1.54) is 7.11 Å². The lowest BCUT2D eigenvalue weighted by molar-refractivity contribution is 0.0599. The van der Waals surface area contributed by atoms with Gasteiger partial charge in [0.2, 0.25) is 0 Å². The van der Waals surface area contributed by atoms with Gasteiger partial charge in [0.25, 0.3) is 0 Å². The first-order valence-electron chi connectivity index (χ1n) is 14.5. The SMILES string of the molecule is CC1(C)CC(C)(C)c2c([nH]c3ccc(C(=O)O)cc23)C1=O.COC(=O)c1ccc2[nH]c3c(c2c1)C(C)(C)CC(C)(C)C3=O. The van der Waals surface area contributed by atoms with Crippen molar-refractivity contribution in [2.75, 3.05) is 7.11 Å². The molecule has 2 aromatic heterocycles. The Kier molecular flexibility index (Phi) is 6.80. The number of hydrogen-bond acceptors (Lipinski definition) is 5. The minimum absolute atomic E-state index is 0.102. The van der Waals surface area contributed by atoms with Crippen LogP contribution >= 0.6 is 0 Å². The third kappa shape index (κ3) is 4.86. The Hall–Kier alpha value is -4.20. The van der Waals surface area contributed by atoms with Gasteiger partial charge in [0.1, 0.15) is 0 Å². The van der Waals surface area contributed by atoms with Crippen LogP contribution in [0.3, 0.4) is 0 Å². The zero-order valence-corrected chi connectivity index (χ0v) is 26.4. The fraction of sp³-hybridized carbons (Fsp3) is 0.429. The number of esters is 1. The van der Waals surface area contributed by atoms with E-state index in [0.29, 0.717) is 17.0 Å².